The summed E-state index contributed by atoms with van der Waals surface area (Å²) in [5.41, 5.74) is 4.22. The fourth-order valence-corrected chi connectivity index (χ4v) is 5.51. The molecule has 0 unspecified atom stereocenters. The van der Waals surface area contributed by atoms with Crippen LogP contribution in [0.2, 0.25) is 0 Å². The zero-order chi connectivity index (χ0) is 30.3. The molecule has 44 heavy (non-hydrogen) atoms. The number of thiazole rings is 1. The maximum absolute atomic E-state index is 13.4. The summed E-state index contributed by atoms with van der Waals surface area (Å²) in [7, 11) is 0. The van der Waals surface area contributed by atoms with Gasteiger partial charge in [-0.15, -0.1) is 5.10 Å². The van der Waals surface area contributed by atoms with Crippen molar-refractivity contribution in [1.29, 1.82) is 0 Å². The third-order valence-corrected chi connectivity index (χ3v) is 7.88. The van der Waals surface area contributed by atoms with Gasteiger partial charge >= 0.3 is 0 Å². The summed E-state index contributed by atoms with van der Waals surface area (Å²) < 4.78 is 15.2. The Bertz CT molecular complexity index is 1970. The number of para-hydroxylation sites is 1. The number of benzene rings is 3. The molecular weight excluding hydrogens is 570 g/mol. The molecular formula is C35H33N5O3S. The molecule has 8 nitrogen and oxygen atoms in total. The highest BCUT2D eigenvalue weighted by Gasteiger charge is 2.14. The van der Waals surface area contributed by atoms with Crippen molar-refractivity contribution >= 4 is 34.5 Å². The monoisotopic (exact) mass is 603 g/mol. The quantitative estimate of drug-likeness (QED) is 0.145. The van der Waals surface area contributed by atoms with Gasteiger partial charge in [-0.25, -0.2) is 4.68 Å². The molecule has 0 spiro atoms. The maximum atomic E-state index is 13.4. The van der Waals surface area contributed by atoms with E-state index in [4.69, 9.17) is 14.6 Å². The van der Waals surface area contributed by atoms with Gasteiger partial charge < -0.3 is 9.47 Å². The van der Waals surface area contributed by atoms with Crippen molar-refractivity contribution in [2.24, 2.45) is 0 Å². The second-order valence-electron chi connectivity index (χ2n) is 10.3. The molecule has 0 radical (unpaired) electrons. The molecule has 0 bridgehead atoms. The fourth-order valence-electron chi connectivity index (χ4n) is 4.60. The largest absolute Gasteiger partial charge is 0.494 e. The summed E-state index contributed by atoms with van der Waals surface area (Å²) >= 11 is 1.31. The van der Waals surface area contributed by atoms with E-state index in [1.165, 1.54) is 15.9 Å². The highest BCUT2D eigenvalue weighted by molar-refractivity contribution is 7.15. The summed E-state index contributed by atoms with van der Waals surface area (Å²) in [6, 6.07) is 25.7. The number of fused-ring (bicyclic) bond motifs is 1. The molecule has 9 heteroatoms. The van der Waals surface area contributed by atoms with E-state index >= 15 is 0 Å². The Morgan fingerprint density at radius 1 is 0.818 bits per heavy atom. The zero-order valence-electron chi connectivity index (χ0n) is 24.7. The number of hydrogen-bond acceptors (Lipinski definition) is 7. The Labute approximate surface area is 259 Å². The van der Waals surface area contributed by atoms with Gasteiger partial charge in [0.15, 0.2) is 5.82 Å². The van der Waals surface area contributed by atoms with Crippen LogP contribution < -0.4 is 19.6 Å². The Morgan fingerprint density at radius 3 is 2.25 bits per heavy atom. The topological polar surface area (TPSA) is 83.5 Å². The number of ether oxygens (including phenoxy) is 2. The minimum atomic E-state index is -0.215. The maximum Gasteiger partial charge on any atom is 0.291 e. The number of rotatable bonds is 12. The van der Waals surface area contributed by atoms with E-state index in [0.717, 1.165) is 65.4 Å². The lowest BCUT2D eigenvalue weighted by molar-refractivity contribution is 0.309. The van der Waals surface area contributed by atoms with Gasteiger partial charge in [0, 0.05) is 17.3 Å². The van der Waals surface area contributed by atoms with Crippen LogP contribution in [0.4, 0.5) is 0 Å². The molecule has 3 aromatic carbocycles. The second kappa shape index (κ2) is 13.5. The molecule has 0 aliphatic heterocycles. The predicted octanol–water partition coefficient (Wildman–Crippen LogP) is 6.69. The first-order valence-electron chi connectivity index (χ1n) is 14.8. The average Bonchev–Trinajstić information content (AvgIpc) is 3.75. The molecule has 0 N–H and O–H groups in total. The highest BCUT2D eigenvalue weighted by atomic mass is 32.1. The van der Waals surface area contributed by atoms with Gasteiger partial charge in [0.25, 0.3) is 5.56 Å². The van der Waals surface area contributed by atoms with Gasteiger partial charge in [-0.1, -0.05) is 68.0 Å². The van der Waals surface area contributed by atoms with Crippen molar-refractivity contribution in [1.82, 2.24) is 24.4 Å². The van der Waals surface area contributed by atoms with Crippen LogP contribution >= 0.6 is 11.3 Å². The smallest absolute Gasteiger partial charge is 0.291 e. The molecule has 0 atom stereocenters. The molecule has 6 rings (SSSR count). The lowest BCUT2D eigenvalue weighted by Gasteiger charge is -2.05. The van der Waals surface area contributed by atoms with Gasteiger partial charge in [-0.05, 0) is 79.1 Å². The van der Waals surface area contributed by atoms with Crippen LogP contribution in [0.3, 0.4) is 0 Å². The van der Waals surface area contributed by atoms with Crippen molar-refractivity contribution < 1.29 is 9.47 Å². The fraction of sp³-hybridized carbons (Fsp3) is 0.200. The van der Waals surface area contributed by atoms with E-state index in [1.807, 2.05) is 108 Å². The van der Waals surface area contributed by atoms with Crippen molar-refractivity contribution in [3.63, 3.8) is 0 Å². The summed E-state index contributed by atoms with van der Waals surface area (Å²) in [4.78, 5) is 18.5. The molecule has 3 aromatic heterocycles. The lowest BCUT2D eigenvalue weighted by atomic mass is 10.1. The van der Waals surface area contributed by atoms with Crippen molar-refractivity contribution in [2.75, 3.05) is 13.2 Å². The van der Waals surface area contributed by atoms with Crippen LogP contribution in [0.15, 0.2) is 89.9 Å². The van der Waals surface area contributed by atoms with E-state index in [1.54, 1.807) is 0 Å². The first-order valence-corrected chi connectivity index (χ1v) is 15.6. The summed E-state index contributed by atoms with van der Waals surface area (Å²) in [5, 5.41) is 9.36. The Kier molecular flexibility index (Phi) is 8.93. The first-order chi connectivity index (χ1) is 21.6. The van der Waals surface area contributed by atoms with Crippen LogP contribution in [-0.2, 0) is 0 Å². The summed E-state index contributed by atoms with van der Waals surface area (Å²) in [6.07, 6.45) is 10.6. The minimum absolute atomic E-state index is 0.215. The Balaban J connectivity index is 1.28. The van der Waals surface area contributed by atoms with E-state index in [0.29, 0.717) is 21.9 Å². The first kappa shape index (κ1) is 29.1. The summed E-state index contributed by atoms with van der Waals surface area (Å²) in [6.45, 7) is 5.61. The molecule has 222 valence electrons. The van der Waals surface area contributed by atoms with Crippen LogP contribution in [0.5, 0.6) is 11.5 Å². The zero-order valence-corrected chi connectivity index (χ0v) is 25.5. The lowest BCUT2D eigenvalue weighted by Crippen LogP contribution is -2.23. The van der Waals surface area contributed by atoms with Gasteiger partial charge in [-0.2, -0.15) is 14.6 Å². The SMILES string of the molecule is CCCCOc1ccc(/C=C/c2nc3s/c(=C\c4cn(-c5ccccc5)nc4-c4ccc(OCCC)cc4)c(=O)n3n2)cc1. The molecule has 0 aliphatic carbocycles. The number of aromatic nitrogens is 5. The van der Waals surface area contributed by atoms with E-state index < -0.39 is 0 Å². The second-order valence-corrected chi connectivity index (χ2v) is 11.3. The van der Waals surface area contributed by atoms with Gasteiger partial charge in [0.2, 0.25) is 4.96 Å². The third-order valence-electron chi connectivity index (χ3n) is 6.92. The van der Waals surface area contributed by atoms with Crippen LogP contribution in [0, 0.1) is 0 Å². The Morgan fingerprint density at radius 2 is 1.55 bits per heavy atom. The van der Waals surface area contributed by atoms with E-state index in [2.05, 4.69) is 23.9 Å². The minimum Gasteiger partial charge on any atom is -0.494 e. The van der Waals surface area contributed by atoms with E-state index in [-0.39, 0.29) is 5.56 Å². The van der Waals surface area contributed by atoms with Crippen molar-refractivity contribution in [3.05, 3.63) is 117 Å². The van der Waals surface area contributed by atoms with Crippen LogP contribution in [0.1, 0.15) is 50.1 Å². The number of nitrogens with zero attached hydrogens (tertiary/aromatic N) is 5. The van der Waals surface area contributed by atoms with Crippen molar-refractivity contribution in [3.8, 4) is 28.4 Å². The average molecular weight is 604 g/mol. The van der Waals surface area contributed by atoms with Crippen molar-refractivity contribution in [2.45, 2.75) is 33.1 Å². The van der Waals surface area contributed by atoms with Crippen LogP contribution in [0.25, 0.3) is 40.1 Å². The summed E-state index contributed by atoms with van der Waals surface area (Å²) in [5.74, 6) is 2.15. The third kappa shape index (κ3) is 6.63. The molecule has 3 heterocycles. The van der Waals surface area contributed by atoms with Gasteiger partial charge in [0.1, 0.15) is 17.2 Å². The standard InChI is InChI=1S/C35H33N5O3S/c1-3-5-22-43-29-16-11-25(12-17-29)13-20-32-36-35-40(37-32)34(41)31(44-35)23-27-24-39(28-9-7-6-8-10-28)38-33(27)26-14-18-30(19-15-26)42-21-4-2/h6-20,23-24H,3-5,21-22H2,1-2H3/b20-13+,31-23-. The van der Waals surface area contributed by atoms with E-state index in [9.17, 15) is 4.79 Å². The number of unbranched alkanes of at least 4 members (excludes halogenated alkanes) is 1. The normalized spacial score (nSPS) is 12.0. The Hall–Kier alpha value is -5.02. The van der Waals surface area contributed by atoms with Gasteiger partial charge in [-0.3, -0.25) is 4.79 Å². The molecule has 0 saturated carbocycles. The molecule has 0 fully saturated rings. The molecule has 6 aromatic rings. The van der Waals surface area contributed by atoms with Crippen LogP contribution in [-0.4, -0.2) is 37.6 Å². The number of hydrogen-bond donors (Lipinski definition) is 0. The predicted molar refractivity (Wildman–Crippen MR) is 176 cm³/mol. The molecule has 0 amide bonds. The molecule has 0 saturated heterocycles. The molecule has 0 aliphatic rings. The van der Waals surface area contributed by atoms with Gasteiger partial charge in [0.05, 0.1) is 23.4 Å². The highest BCUT2D eigenvalue weighted by Crippen LogP contribution is 2.27.